The molecule has 0 aliphatic carbocycles. The predicted molar refractivity (Wildman–Crippen MR) is 85.6 cm³/mol. The molecule has 0 fully saturated rings. The summed E-state index contributed by atoms with van der Waals surface area (Å²) in [5.74, 6) is -0.692. The minimum atomic E-state index is -0.371. The lowest BCUT2D eigenvalue weighted by Crippen LogP contribution is -2.14. The average molecular weight is 435 g/mol. The molecule has 0 atom stereocenters. The van der Waals surface area contributed by atoms with Gasteiger partial charge in [-0.3, -0.25) is 4.79 Å². The quantitative estimate of drug-likeness (QED) is 0.553. The van der Waals surface area contributed by atoms with Gasteiger partial charge in [-0.1, -0.05) is 15.9 Å². The normalized spacial score (nSPS) is 10.3. The van der Waals surface area contributed by atoms with E-state index in [1.54, 1.807) is 18.2 Å². The highest BCUT2D eigenvalue weighted by Crippen LogP contribution is 2.24. The van der Waals surface area contributed by atoms with Crippen LogP contribution in [0.2, 0.25) is 0 Å². The molecule has 0 aliphatic rings. The highest BCUT2D eigenvalue weighted by molar-refractivity contribution is 14.1. The molecule has 2 aromatic carbocycles. The van der Waals surface area contributed by atoms with Gasteiger partial charge in [-0.2, -0.15) is 0 Å². The van der Waals surface area contributed by atoms with Crippen molar-refractivity contribution in [3.63, 3.8) is 0 Å². The van der Waals surface area contributed by atoms with Gasteiger partial charge in [-0.25, -0.2) is 4.39 Å². The van der Waals surface area contributed by atoms with E-state index < -0.39 is 0 Å². The first kappa shape index (κ1) is 14.3. The summed E-state index contributed by atoms with van der Waals surface area (Å²) in [5, 5.41) is 2.70. The lowest BCUT2D eigenvalue weighted by molar-refractivity contribution is 0.102. The Morgan fingerprint density at radius 1 is 1.26 bits per heavy atom. The molecule has 0 spiro atoms. The van der Waals surface area contributed by atoms with Gasteiger partial charge in [0.05, 0.1) is 16.9 Å². The van der Waals surface area contributed by atoms with E-state index in [1.165, 1.54) is 18.2 Å². The van der Waals surface area contributed by atoms with Crippen molar-refractivity contribution in [3.05, 3.63) is 55.8 Å². The molecule has 0 heterocycles. The molecule has 0 radical (unpaired) electrons. The molecule has 3 nitrogen and oxygen atoms in total. The molecule has 6 heteroatoms. The van der Waals surface area contributed by atoms with Crippen LogP contribution in [0.3, 0.4) is 0 Å². The van der Waals surface area contributed by atoms with E-state index in [4.69, 9.17) is 5.73 Å². The third-order valence-corrected chi connectivity index (χ3v) is 3.82. The zero-order chi connectivity index (χ0) is 14.0. The monoisotopic (exact) mass is 434 g/mol. The number of nitrogens with one attached hydrogen (secondary N) is 1. The number of hydrogen-bond acceptors (Lipinski definition) is 2. The Morgan fingerprint density at radius 2 is 2.00 bits per heavy atom. The minimum Gasteiger partial charge on any atom is -0.397 e. The fraction of sp³-hybridized carbons (Fsp3) is 0. The van der Waals surface area contributed by atoms with Crippen LogP contribution in [0.4, 0.5) is 15.8 Å². The fourth-order valence-electron chi connectivity index (χ4n) is 1.51. The number of rotatable bonds is 2. The number of halogens is 3. The lowest BCUT2D eigenvalue weighted by Gasteiger charge is -2.09. The molecule has 2 aromatic rings. The van der Waals surface area contributed by atoms with E-state index in [0.717, 1.165) is 4.47 Å². The van der Waals surface area contributed by atoms with Crippen molar-refractivity contribution in [1.29, 1.82) is 0 Å². The van der Waals surface area contributed by atoms with Crippen LogP contribution >= 0.6 is 38.5 Å². The summed E-state index contributed by atoms with van der Waals surface area (Å²) in [6.07, 6.45) is 0. The Bertz CT molecular complexity index is 649. The van der Waals surface area contributed by atoms with E-state index >= 15 is 0 Å². The van der Waals surface area contributed by atoms with Crippen molar-refractivity contribution in [2.75, 3.05) is 11.1 Å². The van der Waals surface area contributed by atoms with Gasteiger partial charge in [0.25, 0.3) is 5.91 Å². The van der Waals surface area contributed by atoms with Gasteiger partial charge in [0.15, 0.2) is 0 Å². The zero-order valence-corrected chi connectivity index (χ0v) is 13.3. The van der Waals surface area contributed by atoms with Gasteiger partial charge >= 0.3 is 0 Å². The van der Waals surface area contributed by atoms with Crippen molar-refractivity contribution in [2.24, 2.45) is 0 Å². The summed E-state index contributed by atoms with van der Waals surface area (Å²) in [4.78, 5) is 12.1. The lowest BCUT2D eigenvalue weighted by atomic mass is 10.2. The number of carbonyl (C=O) groups excluding carboxylic acids is 1. The second-order valence-corrected chi connectivity index (χ2v) is 5.89. The van der Waals surface area contributed by atoms with Crippen LogP contribution in [-0.2, 0) is 0 Å². The Labute approximate surface area is 131 Å². The van der Waals surface area contributed by atoms with Crippen LogP contribution in [0.25, 0.3) is 0 Å². The van der Waals surface area contributed by atoms with Crippen molar-refractivity contribution in [1.82, 2.24) is 0 Å². The molecule has 0 aromatic heterocycles. The van der Waals surface area contributed by atoms with Gasteiger partial charge in [0.2, 0.25) is 0 Å². The molecule has 3 N–H and O–H groups in total. The summed E-state index contributed by atoms with van der Waals surface area (Å²) in [7, 11) is 0. The molecule has 0 bridgehead atoms. The standard InChI is InChI=1S/C13H9BrFIN2O/c14-7-1-4-12(11(17)5-7)18-13(19)9-3-2-8(15)6-10(9)16/h1-6H,17H2,(H,18,19). The molecule has 2 rings (SSSR count). The summed E-state index contributed by atoms with van der Waals surface area (Å²) < 4.78 is 14.4. The van der Waals surface area contributed by atoms with E-state index in [2.05, 4.69) is 21.2 Å². The molecule has 0 aliphatic heterocycles. The summed E-state index contributed by atoms with van der Waals surface area (Å²) in [6, 6.07) is 9.18. The van der Waals surface area contributed by atoms with Crippen LogP contribution in [-0.4, -0.2) is 5.91 Å². The van der Waals surface area contributed by atoms with Gasteiger partial charge < -0.3 is 11.1 Å². The largest absolute Gasteiger partial charge is 0.397 e. The molecule has 0 saturated carbocycles. The highest BCUT2D eigenvalue weighted by atomic mass is 127. The molecule has 19 heavy (non-hydrogen) atoms. The molecule has 0 saturated heterocycles. The van der Waals surface area contributed by atoms with Crippen molar-refractivity contribution >= 4 is 55.8 Å². The van der Waals surface area contributed by atoms with Gasteiger partial charge in [-0.15, -0.1) is 0 Å². The smallest absolute Gasteiger partial charge is 0.256 e. The third kappa shape index (κ3) is 3.44. The summed E-state index contributed by atoms with van der Waals surface area (Å²) in [6.45, 7) is 0. The maximum atomic E-state index is 13.0. The van der Waals surface area contributed by atoms with Crippen molar-refractivity contribution in [2.45, 2.75) is 0 Å². The molecular weight excluding hydrogens is 426 g/mol. The second-order valence-electron chi connectivity index (χ2n) is 3.81. The van der Waals surface area contributed by atoms with Crippen molar-refractivity contribution in [3.8, 4) is 0 Å². The highest BCUT2D eigenvalue weighted by Gasteiger charge is 2.12. The Hall–Kier alpha value is -1.15. The van der Waals surface area contributed by atoms with E-state index in [-0.39, 0.29) is 11.7 Å². The van der Waals surface area contributed by atoms with Crippen LogP contribution in [0.15, 0.2) is 40.9 Å². The first-order valence-corrected chi connectivity index (χ1v) is 7.16. The maximum absolute atomic E-state index is 13.0. The molecule has 0 unspecified atom stereocenters. The van der Waals surface area contributed by atoms with Crippen molar-refractivity contribution < 1.29 is 9.18 Å². The first-order chi connectivity index (χ1) is 8.97. The van der Waals surface area contributed by atoms with Gasteiger partial charge in [0.1, 0.15) is 5.82 Å². The minimum absolute atomic E-state index is 0.321. The first-order valence-electron chi connectivity index (χ1n) is 5.29. The van der Waals surface area contributed by atoms with E-state index in [0.29, 0.717) is 20.5 Å². The Morgan fingerprint density at radius 3 is 2.63 bits per heavy atom. The third-order valence-electron chi connectivity index (χ3n) is 2.44. The maximum Gasteiger partial charge on any atom is 0.256 e. The van der Waals surface area contributed by atoms with Crippen LogP contribution in [0.5, 0.6) is 0 Å². The topological polar surface area (TPSA) is 55.1 Å². The Kier molecular flexibility index (Phi) is 4.41. The Balaban J connectivity index is 2.25. The number of amides is 1. The van der Waals surface area contributed by atoms with Crippen LogP contribution in [0, 0.1) is 9.39 Å². The number of hydrogen-bond donors (Lipinski definition) is 2. The number of benzene rings is 2. The summed E-state index contributed by atoms with van der Waals surface area (Å²) >= 11 is 5.21. The number of anilines is 2. The average Bonchev–Trinajstić information content (AvgIpc) is 2.32. The van der Waals surface area contributed by atoms with Crippen LogP contribution in [0.1, 0.15) is 10.4 Å². The van der Waals surface area contributed by atoms with Gasteiger partial charge in [0, 0.05) is 8.04 Å². The number of nitrogen functional groups attached to an aromatic ring is 1. The van der Waals surface area contributed by atoms with Gasteiger partial charge in [-0.05, 0) is 59.0 Å². The summed E-state index contributed by atoms with van der Waals surface area (Å²) in [5.41, 5.74) is 7.19. The molecule has 1 amide bonds. The zero-order valence-electron chi connectivity index (χ0n) is 9.58. The second kappa shape index (κ2) is 5.87. The molecular formula is C13H9BrFIN2O. The van der Waals surface area contributed by atoms with Crippen LogP contribution < -0.4 is 11.1 Å². The number of carbonyl (C=O) groups is 1. The van der Waals surface area contributed by atoms with E-state index in [1.807, 2.05) is 22.6 Å². The van der Waals surface area contributed by atoms with E-state index in [9.17, 15) is 9.18 Å². The molecule has 98 valence electrons. The fourth-order valence-corrected chi connectivity index (χ4v) is 2.61. The predicted octanol–water partition coefficient (Wildman–Crippen LogP) is 4.03. The SMILES string of the molecule is Nc1cc(Br)ccc1NC(=O)c1ccc(F)cc1I. The number of nitrogens with two attached hydrogens (primary N) is 1.